The van der Waals surface area contributed by atoms with Crippen molar-refractivity contribution >= 4 is 5.91 Å². The number of carbonyl (C=O) groups is 1. The van der Waals surface area contributed by atoms with Gasteiger partial charge in [0, 0.05) is 25.2 Å². The van der Waals surface area contributed by atoms with E-state index in [2.05, 4.69) is 39.3 Å². The number of amides is 1. The Morgan fingerprint density at radius 1 is 0.973 bits per heavy atom. The average Bonchev–Trinajstić information content (AvgIpc) is 3.42. The number of ether oxygens (including phenoxy) is 1. The van der Waals surface area contributed by atoms with Crippen LogP contribution in [0.3, 0.4) is 0 Å². The maximum atomic E-state index is 13.8. The van der Waals surface area contributed by atoms with Crippen LogP contribution >= 0.6 is 0 Å². The van der Waals surface area contributed by atoms with Crippen molar-refractivity contribution in [3.8, 4) is 17.1 Å². The number of rotatable bonds is 9. The largest absolute Gasteiger partial charge is 0.497 e. The first-order valence-electron chi connectivity index (χ1n) is 12.7. The van der Waals surface area contributed by atoms with Crippen LogP contribution in [0.1, 0.15) is 29.9 Å². The minimum absolute atomic E-state index is 0.0647. The van der Waals surface area contributed by atoms with Crippen LogP contribution < -0.4 is 4.74 Å². The molecule has 1 fully saturated rings. The van der Waals surface area contributed by atoms with Crippen LogP contribution in [0, 0.1) is 5.92 Å². The van der Waals surface area contributed by atoms with Crippen LogP contribution in [0.15, 0.2) is 89.5 Å². The third-order valence-corrected chi connectivity index (χ3v) is 6.77. The second-order valence-electron chi connectivity index (χ2n) is 9.48. The molecule has 1 aliphatic rings. The van der Waals surface area contributed by atoms with Crippen molar-refractivity contribution in [3.63, 3.8) is 0 Å². The molecule has 1 atom stereocenters. The predicted octanol–water partition coefficient (Wildman–Crippen LogP) is 5.19. The number of nitrogens with zero attached hydrogens (tertiary/aromatic N) is 4. The van der Waals surface area contributed by atoms with Gasteiger partial charge < -0.3 is 14.2 Å². The smallest absolute Gasteiger partial charge is 0.241 e. The standard InChI is InChI=1S/C30H32N4O3/c1-36-27-16-14-25(15-17-27)29-31-28(37-32-29)22-33-18-8-13-26(21-33)30(35)34(19-23-9-4-2-5-10-23)20-24-11-6-3-7-12-24/h2-7,9-12,14-17,26H,8,13,18-22H2,1H3. The lowest BCUT2D eigenvalue weighted by Crippen LogP contribution is -2.44. The molecule has 0 N–H and O–H groups in total. The van der Waals surface area contributed by atoms with E-state index in [4.69, 9.17) is 9.26 Å². The van der Waals surface area contributed by atoms with Gasteiger partial charge in [-0.3, -0.25) is 9.69 Å². The van der Waals surface area contributed by atoms with E-state index in [9.17, 15) is 4.79 Å². The van der Waals surface area contributed by atoms with Crippen LogP contribution in [-0.2, 0) is 24.4 Å². The molecule has 5 rings (SSSR count). The topological polar surface area (TPSA) is 71.7 Å². The summed E-state index contributed by atoms with van der Waals surface area (Å²) < 4.78 is 10.8. The van der Waals surface area contributed by atoms with E-state index >= 15 is 0 Å². The lowest BCUT2D eigenvalue weighted by Gasteiger charge is -2.34. The number of piperidine rings is 1. The van der Waals surface area contributed by atoms with Crippen molar-refractivity contribution in [1.82, 2.24) is 19.9 Å². The van der Waals surface area contributed by atoms with Crippen LogP contribution in [0.2, 0.25) is 0 Å². The van der Waals surface area contributed by atoms with E-state index in [-0.39, 0.29) is 11.8 Å². The molecule has 37 heavy (non-hydrogen) atoms. The summed E-state index contributed by atoms with van der Waals surface area (Å²) in [5.41, 5.74) is 3.15. The molecule has 0 radical (unpaired) electrons. The summed E-state index contributed by atoms with van der Waals surface area (Å²) >= 11 is 0. The highest BCUT2D eigenvalue weighted by atomic mass is 16.5. The number of methoxy groups -OCH3 is 1. The molecule has 0 saturated carbocycles. The molecule has 0 bridgehead atoms. The van der Waals surface area contributed by atoms with Gasteiger partial charge in [0.05, 0.1) is 19.6 Å². The van der Waals surface area contributed by atoms with E-state index in [1.54, 1.807) is 7.11 Å². The normalized spacial score (nSPS) is 15.9. The number of likely N-dealkylation sites (tertiary alicyclic amines) is 1. The Hall–Kier alpha value is -3.97. The van der Waals surface area contributed by atoms with E-state index < -0.39 is 0 Å². The number of hydrogen-bond donors (Lipinski definition) is 0. The maximum Gasteiger partial charge on any atom is 0.241 e. The zero-order chi connectivity index (χ0) is 25.5. The summed E-state index contributed by atoms with van der Waals surface area (Å²) in [6.45, 7) is 3.31. The van der Waals surface area contributed by atoms with Gasteiger partial charge in [-0.1, -0.05) is 65.8 Å². The first-order chi connectivity index (χ1) is 18.2. The molecule has 3 aromatic carbocycles. The second kappa shape index (κ2) is 11.8. The molecule has 1 amide bonds. The maximum absolute atomic E-state index is 13.8. The number of benzene rings is 3. The first-order valence-corrected chi connectivity index (χ1v) is 12.7. The van der Waals surface area contributed by atoms with Gasteiger partial charge in [-0.05, 0) is 54.8 Å². The summed E-state index contributed by atoms with van der Waals surface area (Å²) in [5, 5.41) is 4.15. The van der Waals surface area contributed by atoms with Crippen molar-refractivity contribution in [2.45, 2.75) is 32.5 Å². The molecule has 1 aliphatic heterocycles. The molecule has 1 aromatic heterocycles. The summed E-state index contributed by atoms with van der Waals surface area (Å²) in [5.74, 6) is 2.03. The summed E-state index contributed by atoms with van der Waals surface area (Å²) in [6, 6.07) is 28.0. The monoisotopic (exact) mass is 496 g/mol. The van der Waals surface area contributed by atoms with Gasteiger partial charge in [-0.25, -0.2) is 0 Å². The van der Waals surface area contributed by atoms with Crippen molar-refractivity contribution in [2.75, 3.05) is 20.2 Å². The van der Waals surface area contributed by atoms with Crippen LogP contribution in [-0.4, -0.2) is 46.0 Å². The molecule has 1 saturated heterocycles. The molecule has 1 unspecified atom stereocenters. The van der Waals surface area contributed by atoms with E-state index in [0.717, 1.165) is 41.8 Å². The summed E-state index contributed by atoms with van der Waals surface area (Å²) in [4.78, 5) is 22.6. The molecule has 190 valence electrons. The van der Waals surface area contributed by atoms with Crippen LogP contribution in [0.25, 0.3) is 11.4 Å². The molecule has 0 aliphatic carbocycles. The fourth-order valence-electron chi connectivity index (χ4n) is 4.85. The van der Waals surface area contributed by atoms with Gasteiger partial charge in [0.2, 0.25) is 17.6 Å². The van der Waals surface area contributed by atoms with Gasteiger partial charge in [0.25, 0.3) is 0 Å². The van der Waals surface area contributed by atoms with E-state index in [1.807, 2.05) is 65.6 Å². The highest BCUT2D eigenvalue weighted by Crippen LogP contribution is 2.24. The third kappa shape index (κ3) is 6.43. The van der Waals surface area contributed by atoms with E-state index in [1.165, 1.54) is 0 Å². The fraction of sp³-hybridized carbons (Fsp3) is 0.300. The Bertz CT molecular complexity index is 1230. The van der Waals surface area contributed by atoms with Crippen molar-refractivity contribution in [3.05, 3.63) is 102 Å². The quantitative estimate of drug-likeness (QED) is 0.318. The SMILES string of the molecule is COc1ccc(-c2noc(CN3CCCC(C(=O)N(Cc4ccccc4)Cc4ccccc4)C3)n2)cc1. The minimum atomic E-state index is -0.0647. The van der Waals surface area contributed by atoms with Crippen molar-refractivity contribution in [2.24, 2.45) is 5.92 Å². The summed E-state index contributed by atoms with van der Waals surface area (Å²) in [7, 11) is 1.64. The lowest BCUT2D eigenvalue weighted by atomic mass is 9.96. The molecule has 4 aromatic rings. The first kappa shape index (κ1) is 24.7. The van der Waals surface area contributed by atoms with Crippen LogP contribution in [0.4, 0.5) is 0 Å². The third-order valence-electron chi connectivity index (χ3n) is 6.77. The number of hydrogen-bond acceptors (Lipinski definition) is 6. The Morgan fingerprint density at radius 3 is 2.24 bits per heavy atom. The molecular formula is C30H32N4O3. The van der Waals surface area contributed by atoms with Gasteiger partial charge >= 0.3 is 0 Å². The average molecular weight is 497 g/mol. The molecule has 7 heteroatoms. The van der Waals surface area contributed by atoms with Crippen molar-refractivity contribution in [1.29, 1.82) is 0 Å². The zero-order valence-corrected chi connectivity index (χ0v) is 21.1. The molecule has 7 nitrogen and oxygen atoms in total. The Labute approximate surface area is 217 Å². The van der Waals surface area contributed by atoms with Gasteiger partial charge in [0.1, 0.15) is 5.75 Å². The Kier molecular flexibility index (Phi) is 7.91. The lowest BCUT2D eigenvalue weighted by molar-refractivity contribution is -0.138. The number of carbonyl (C=O) groups excluding carboxylic acids is 1. The molecular weight excluding hydrogens is 464 g/mol. The van der Waals surface area contributed by atoms with Gasteiger partial charge in [0.15, 0.2) is 0 Å². The molecule has 2 heterocycles. The van der Waals surface area contributed by atoms with Crippen LogP contribution in [0.5, 0.6) is 5.75 Å². The fourth-order valence-corrected chi connectivity index (χ4v) is 4.85. The van der Waals surface area contributed by atoms with E-state index in [0.29, 0.717) is 37.9 Å². The molecule has 0 spiro atoms. The Morgan fingerprint density at radius 2 is 1.62 bits per heavy atom. The predicted molar refractivity (Wildman–Crippen MR) is 141 cm³/mol. The highest BCUT2D eigenvalue weighted by Gasteiger charge is 2.30. The number of aromatic nitrogens is 2. The van der Waals surface area contributed by atoms with Gasteiger partial charge in [-0.2, -0.15) is 4.98 Å². The summed E-state index contributed by atoms with van der Waals surface area (Å²) in [6.07, 6.45) is 1.84. The zero-order valence-electron chi connectivity index (χ0n) is 21.1. The van der Waals surface area contributed by atoms with Crippen molar-refractivity contribution < 1.29 is 14.1 Å². The van der Waals surface area contributed by atoms with Gasteiger partial charge in [-0.15, -0.1) is 0 Å². The highest BCUT2D eigenvalue weighted by molar-refractivity contribution is 5.79. The second-order valence-corrected chi connectivity index (χ2v) is 9.48. The Balaban J connectivity index is 1.25. The minimum Gasteiger partial charge on any atom is -0.497 e.